The summed E-state index contributed by atoms with van der Waals surface area (Å²) >= 11 is 1.74. The molecule has 0 aliphatic rings. The number of imidazole rings is 1. The quantitative estimate of drug-likeness (QED) is 0.674. The van der Waals surface area contributed by atoms with Gasteiger partial charge in [-0.2, -0.15) is 0 Å². The fourth-order valence-corrected chi connectivity index (χ4v) is 3.28. The first-order valence-electron chi connectivity index (χ1n) is 7.07. The van der Waals surface area contributed by atoms with Gasteiger partial charge >= 0.3 is 0 Å². The predicted octanol–water partition coefficient (Wildman–Crippen LogP) is 3.63. The molecule has 0 saturated carbocycles. The van der Waals surface area contributed by atoms with Crippen LogP contribution in [-0.4, -0.2) is 28.6 Å². The maximum Gasteiger partial charge on any atom is 0.172 e. The minimum atomic E-state index is 0.885. The van der Waals surface area contributed by atoms with Crippen molar-refractivity contribution in [1.82, 2.24) is 14.5 Å². The Morgan fingerprint density at radius 3 is 2.59 bits per heavy atom. The Morgan fingerprint density at radius 2 is 1.82 bits per heavy atom. The summed E-state index contributed by atoms with van der Waals surface area (Å²) < 4.78 is 2.09. The molecule has 0 spiro atoms. The van der Waals surface area contributed by atoms with Crippen molar-refractivity contribution < 1.29 is 0 Å². The molecule has 0 atom stereocenters. The number of anilines is 1. The van der Waals surface area contributed by atoms with E-state index in [1.807, 2.05) is 24.5 Å². The van der Waals surface area contributed by atoms with Gasteiger partial charge in [0.25, 0.3) is 0 Å². The Balaban J connectivity index is 1.80. The highest BCUT2D eigenvalue weighted by Crippen LogP contribution is 2.28. The molecule has 5 heteroatoms. The molecule has 3 rings (SSSR count). The normalized spacial score (nSPS) is 10.6. The van der Waals surface area contributed by atoms with Crippen molar-refractivity contribution in [3.63, 3.8) is 0 Å². The molecule has 1 aromatic carbocycles. The third kappa shape index (κ3) is 3.14. The van der Waals surface area contributed by atoms with Gasteiger partial charge < -0.3 is 4.90 Å². The van der Waals surface area contributed by atoms with Crippen LogP contribution in [0.15, 0.2) is 66.3 Å². The molecule has 3 aromatic rings. The van der Waals surface area contributed by atoms with E-state index in [-0.39, 0.29) is 0 Å². The Morgan fingerprint density at radius 1 is 1.05 bits per heavy atom. The largest absolute Gasteiger partial charge is 0.377 e. The van der Waals surface area contributed by atoms with Gasteiger partial charge in [-0.05, 0) is 23.8 Å². The van der Waals surface area contributed by atoms with Gasteiger partial charge in [-0.25, -0.2) is 4.98 Å². The summed E-state index contributed by atoms with van der Waals surface area (Å²) in [4.78, 5) is 10.7. The Bertz CT molecular complexity index is 737. The summed E-state index contributed by atoms with van der Waals surface area (Å²) in [5.74, 6) is 0.885. The van der Waals surface area contributed by atoms with Crippen LogP contribution in [0.4, 0.5) is 5.69 Å². The second-order valence-electron chi connectivity index (χ2n) is 5.10. The van der Waals surface area contributed by atoms with Crippen molar-refractivity contribution in [1.29, 1.82) is 0 Å². The van der Waals surface area contributed by atoms with Crippen LogP contribution < -0.4 is 4.90 Å². The number of thioether (sulfide) groups is 1. The fourth-order valence-electron chi connectivity index (χ4n) is 2.31. The summed E-state index contributed by atoms with van der Waals surface area (Å²) in [6.07, 6.45) is 7.41. The van der Waals surface area contributed by atoms with Gasteiger partial charge in [-0.15, -0.1) is 0 Å². The minimum absolute atomic E-state index is 0.885. The Kier molecular flexibility index (Phi) is 4.44. The van der Waals surface area contributed by atoms with Crippen molar-refractivity contribution in [3.05, 3.63) is 66.7 Å². The Hall–Kier alpha value is -2.27. The van der Waals surface area contributed by atoms with Crippen LogP contribution >= 0.6 is 11.8 Å². The van der Waals surface area contributed by atoms with Gasteiger partial charge in [0.05, 0.1) is 5.69 Å². The highest BCUT2D eigenvalue weighted by atomic mass is 32.2. The molecule has 0 amide bonds. The molecule has 0 bridgehead atoms. The minimum Gasteiger partial charge on any atom is -0.377 e. The van der Waals surface area contributed by atoms with E-state index in [1.165, 1.54) is 11.3 Å². The lowest BCUT2D eigenvalue weighted by Gasteiger charge is -2.17. The number of hydrogen-bond acceptors (Lipinski definition) is 4. The summed E-state index contributed by atoms with van der Waals surface area (Å²) in [5, 5.41) is 0.986. The first-order chi connectivity index (χ1) is 10.8. The van der Waals surface area contributed by atoms with Crippen molar-refractivity contribution in [3.8, 4) is 5.69 Å². The first-order valence-corrected chi connectivity index (χ1v) is 8.06. The standard InChI is InChI=1S/C17H18N4S/c1-20(2)16-6-4-3-5-14(16)13-22-17-19-11-12-21(17)15-7-9-18-10-8-15/h3-12H,13H2,1-2H3. The monoisotopic (exact) mass is 310 g/mol. The van der Waals surface area contributed by atoms with E-state index in [2.05, 4.69) is 57.8 Å². The van der Waals surface area contributed by atoms with Gasteiger partial charge in [0.2, 0.25) is 0 Å². The summed E-state index contributed by atoms with van der Waals surface area (Å²) in [6.45, 7) is 0. The molecule has 2 aromatic heterocycles. The van der Waals surface area contributed by atoms with Crippen molar-refractivity contribution in [2.24, 2.45) is 0 Å². The SMILES string of the molecule is CN(C)c1ccccc1CSc1nccn1-c1ccncc1. The molecule has 0 unspecified atom stereocenters. The molecule has 2 heterocycles. The number of rotatable bonds is 5. The zero-order valence-corrected chi connectivity index (χ0v) is 13.5. The molecular weight excluding hydrogens is 292 g/mol. The van der Waals surface area contributed by atoms with Crippen LogP contribution in [0.2, 0.25) is 0 Å². The lowest BCUT2D eigenvalue weighted by Crippen LogP contribution is -2.10. The molecule has 0 fully saturated rings. The average Bonchev–Trinajstić information content (AvgIpc) is 3.02. The van der Waals surface area contributed by atoms with Crippen molar-refractivity contribution in [2.75, 3.05) is 19.0 Å². The lowest BCUT2D eigenvalue weighted by molar-refractivity contribution is 0.892. The van der Waals surface area contributed by atoms with Gasteiger partial charge in [-0.1, -0.05) is 30.0 Å². The van der Waals surface area contributed by atoms with E-state index < -0.39 is 0 Å². The number of aromatic nitrogens is 3. The molecule has 0 N–H and O–H groups in total. The van der Waals surface area contributed by atoms with Crippen LogP contribution in [0.25, 0.3) is 5.69 Å². The lowest BCUT2D eigenvalue weighted by atomic mass is 10.2. The van der Waals surface area contributed by atoms with Crippen molar-refractivity contribution in [2.45, 2.75) is 10.9 Å². The molecule has 0 radical (unpaired) electrons. The smallest absolute Gasteiger partial charge is 0.172 e. The molecule has 4 nitrogen and oxygen atoms in total. The summed E-state index contributed by atoms with van der Waals surface area (Å²) in [6, 6.07) is 12.4. The zero-order valence-electron chi connectivity index (χ0n) is 12.7. The van der Waals surface area contributed by atoms with Gasteiger partial charge in [-0.3, -0.25) is 9.55 Å². The number of pyridine rings is 1. The summed E-state index contributed by atoms with van der Waals surface area (Å²) in [5.41, 5.74) is 3.63. The van der Waals surface area contributed by atoms with Crippen molar-refractivity contribution >= 4 is 17.4 Å². The third-order valence-corrected chi connectivity index (χ3v) is 4.39. The highest BCUT2D eigenvalue weighted by molar-refractivity contribution is 7.98. The second-order valence-corrected chi connectivity index (χ2v) is 6.04. The van der Waals surface area contributed by atoms with E-state index in [0.29, 0.717) is 0 Å². The van der Waals surface area contributed by atoms with E-state index >= 15 is 0 Å². The fraction of sp³-hybridized carbons (Fsp3) is 0.176. The van der Waals surface area contributed by atoms with Gasteiger partial charge in [0, 0.05) is 50.3 Å². The van der Waals surface area contributed by atoms with Crippen LogP contribution in [0.3, 0.4) is 0 Å². The van der Waals surface area contributed by atoms with Crippen LogP contribution in [0.1, 0.15) is 5.56 Å². The average molecular weight is 310 g/mol. The van der Waals surface area contributed by atoms with Gasteiger partial charge in [0.1, 0.15) is 0 Å². The van der Waals surface area contributed by atoms with Crippen LogP contribution in [0.5, 0.6) is 0 Å². The zero-order chi connectivity index (χ0) is 15.4. The first kappa shape index (κ1) is 14.7. The number of nitrogens with zero attached hydrogens (tertiary/aromatic N) is 4. The predicted molar refractivity (Wildman–Crippen MR) is 91.7 cm³/mol. The maximum absolute atomic E-state index is 4.47. The topological polar surface area (TPSA) is 34.0 Å². The molecule has 112 valence electrons. The van der Waals surface area contributed by atoms with E-state index in [4.69, 9.17) is 0 Å². The van der Waals surface area contributed by atoms with E-state index in [0.717, 1.165) is 16.6 Å². The molecular formula is C17H18N4S. The number of benzene rings is 1. The maximum atomic E-state index is 4.47. The second kappa shape index (κ2) is 6.66. The molecule has 0 aliphatic heterocycles. The van der Waals surface area contributed by atoms with Crippen LogP contribution in [-0.2, 0) is 5.75 Å². The summed E-state index contributed by atoms with van der Waals surface area (Å²) in [7, 11) is 4.14. The van der Waals surface area contributed by atoms with E-state index in [9.17, 15) is 0 Å². The highest BCUT2D eigenvalue weighted by Gasteiger charge is 2.09. The van der Waals surface area contributed by atoms with Crippen LogP contribution in [0, 0.1) is 0 Å². The Labute approximate surface area is 134 Å². The molecule has 0 saturated heterocycles. The van der Waals surface area contributed by atoms with Gasteiger partial charge in [0.15, 0.2) is 5.16 Å². The molecule has 0 aliphatic carbocycles. The van der Waals surface area contributed by atoms with E-state index in [1.54, 1.807) is 24.2 Å². The third-order valence-electron chi connectivity index (χ3n) is 3.38. The number of hydrogen-bond donors (Lipinski definition) is 0. The molecule has 22 heavy (non-hydrogen) atoms. The number of para-hydroxylation sites is 1.